The molecule has 0 aromatic rings. The molecule has 0 N–H and O–H groups in total. The number of hydrogen-bond acceptors (Lipinski definition) is 3. The van der Waals surface area contributed by atoms with Gasteiger partial charge in [0.25, 0.3) is 0 Å². The lowest BCUT2D eigenvalue weighted by Gasteiger charge is -2.33. The van der Waals surface area contributed by atoms with Crippen LogP contribution in [0.15, 0.2) is 0 Å². The summed E-state index contributed by atoms with van der Waals surface area (Å²) >= 11 is 4.50. The quantitative estimate of drug-likeness (QED) is 0.706. The SMILES string of the molecule is CC(C)N1CCCN(C(C)S)CCC1. The topological polar surface area (TPSA) is 6.48 Å². The summed E-state index contributed by atoms with van der Waals surface area (Å²) in [5.74, 6) is 0. The highest BCUT2D eigenvalue weighted by Crippen LogP contribution is 2.11. The molecule has 0 aromatic heterocycles. The van der Waals surface area contributed by atoms with Crippen LogP contribution in [0.2, 0.25) is 0 Å². The maximum absolute atomic E-state index is 4.50. The summed E-state index contributed by atoms with van der Waals surface area (Å²) in [6.45, 7) is 11.7. The Morgan fingerprint density at radius 3 is 1.64 bits per heavy atom. The summed E-state index contributed by atoms with van der Waals surface area (Å²) in [7, 11) is 0. The molecule has 1 heterocycles. The molecular formula is C11H24N2S. The lowest BCUT2D eigenvalue weighted by Crippen LogP contribution is -2.41. The summed E-state index contributed by atoms with van der Waals surface area (Å²) in [4.78, 5) is 5.06. The zero-order valence-electron chi connectivity index (χ0n) is 9.74. The fourth-order valence-corrected chi connectivity index (χ4v) is 2.30. The number of nitrogens with zero attached hydrogens (tertiary/aromatic N) is 2. The minimum Gasteiger partial charge on any atom is -0.301 e. The van der Waals surface area contributed by atoms with E-state index >= 15 is 0 Å². The highest BCUT2D eigenvalue weighted by molar-refractivity contribution is 7.80. The highest BCUT2D eigenvalue weighted by atomic mass is 32.1. The normalized spacial score (nSPS) is 24.6. The summed E-state index contributed by atoms with van der Waals surface area (Å²) in [6.07, 6.45) is 2.56. The second kappa shape index (κ2) is 5.99. The monoisotopic (exact) mass is 216 g/mol. The Morgan fingerprint density at radius 2 is 1.29 bits per heavy atom. The molecule has 2 nitrogen and oxygen atoms in total. The van der Waals surface area contributed by atoms with Crippen LogP contribution in [0, 0.1) is 0 Å². The van der Waals surface area contributed by atoms with Gasteiger partial charge in [0.2, 0.25) is 0 Å². The molecule has 1 atom stereocenters. The predicted molar refractivity (Wildman–Crippen MR) is 66.0 cm³/mol. The number of hydrogen-bond donors (Lipinski definition) is 1. The van der Waals surface area contributed by atoms with Gasteiger partial charge in [0.1, 0.15) is 0 Å². The van der Waals surface area contributed by atoms with Crippen molar-refractivity contribution >= 4 is 12.6 Å². The van der Waals surface area contributed by atoms with Gasteiger partial charge < -0.3 is 4.90 Å². The van der Waals surface area contributed by atoms with Crippen molar-refractivity contribution in [3.8, 4) is 0 Å². The molecule has 14 heavy (non-hydrogen) atoms. The minimum absolute atomic E-state index is 0.417. The first kappa shape index (κ1) is 12.3. The van der Waals surface area contributed by atoms with Gasteiger partial charge in [-0.15, -0.1) is 0 Å². The largest absolute Gasteiger partial charge is 0.301 e. The lowest BCUT2D eigenvalue weighted by atomic mass is 10.2. The molecule has 1 rings (SSSR count). The molecule has 0 aromatic carbocycles. The fraction of sp³-hybridized carbons (Fsp3) is 1.00. The van der Waals surface area contributed by atoms with E-state index in [0.717, 1.165) is 0 Å². The molecule has 0 aliphatic carbocycles. The molecule has 0 bridgehead atoms. The first-order chi connectivity index (χ1) is 6.61. The van der Waals surface area contributed by atoms with Crippen molar-refractivity contribution in [3.63, 3.8) is 0 Å². The van der Waals surface area contributed by atoms with E-state index in [4.69, 9.17) is 0 Å². The van der Waals surface area contributed by atoms with E-state index in [1.165, 1.54) is 39.0 Å². The first-order valence-electron chi connectivity index (χ1n) is 5.77. The lowest BCUT2D eigenvalue weighted by molar-refractivity contribution is 0.154. The van der Waals surface area contributed by atoms with Crippen LogP contribution in [-0.2, 0) is 0 Å². The molecule has 1 fully saturated rings. The number of rotatable bonds is 2. The van der Waals surface area contributed by atoms with Crippen molar-refractivity contribution in [2.45, 2.75) is 45.0 Å². The maximum atomic E-state index is 4.50. The molecule has 0 spiro atoms. The van der Waals surface area contributed by atoms with E-state index in [-0.39, 0.29) is 0 Å². The Morgan fingerprint density at radius 1 is 0.857 bits per heavy atom. The third kappa shape index (κ3) is 3.79. The van der Waals surface area contributed by atoms with E-state index in [9.17, 15) is 0 Å². The maximum Gasteiger partial charge on any atom is 0.0499 e. The molecule has 1 unspecified atom stereocenters. The Balaban J connectivity index is 2.35. The van der Waals surface area contributed by atoms with Crippen LogP contribution in [0.4, 0.5) is 0 Å². The molecule has 1 aliphatic heterocycles. The molecule has 0 saturated carbocycles. The Labute approximate surface area is 94.1 Å². The van der Waals surface area contributed by atoms with Gasteiger partial charge in [0, 0.05) is 24.5 Å². The van der Waals surface area contributed by atoms with Crippen LogP contribution in [0.25, 0.3) is 0 Å². The van der Waals surface area contributed by atoms with Crippen LogP contribution < -0.4 is 0 Å². The average Bonchev–Trinajstić information content (AvgIpc) is 2.01. The minimum atomic E-state index is 0.417. The van der Waals surface area contributed by atoms with Gasteiger partial charge in [-0.25, -0.2) is 0 Å². The summed E-state index contributed by atoms with van der Waals surface area (Å²) in [5, 5.41) is 0.417. The van der Waals surface area contributed by atoms with Gasteiger partial charge in [-0.1, -0.05) is 0 Å². The third-order valence-electron chi connectivity index (χ3n) is 3.04. The van der Waals surface area contributed by atoms with Crippen molar-refractivity contribution in [3.05, 3.63) is 0 Å². The molecular weight excluding hydrogens is 192 g/mol. The summed E-state index contributed by atoms with van der Waals surface area (Å²) in [5.41, 5.74) is 0. The zero-order chi connectivity index (χ0) is 10.6. The van der Waals surface area contributed by atoms with Crippen LogP contribution in [0.3, 0.4) is 0 Å². The average molecular weight is 216 g/mol. The third-order valence-corrected chi connectivity index (χ3v) is 3.37. The van der Waals surface area contributed by atoms with Crippen LogP contribution in [0.1, 0.15) is 33.6 Å². The smallest absolute Gasteiger partial charge is 0.0499 e. The van der Waals surface area contributed by atoms with Crippen molar-refractivity contribution < 1.29 is 0 Å². The fourth-order valence-electron chi connectivity index (χ4n) is 2.07. The van der Waals surface area contributed by atoms with E-state index in [2.05, 4.69) is 43.2 Å². The standard InChI is InChI=1S/C11H24N2S/c1-10(2)12-6-4-8-13(11(3)14)9-5-7-12/h10-11,14H,4-9H2,1-3H3. The second-order valence-electron chi connectivity index (χ2n) is 4.50. The van der Waals surface area contributed by atoms with Crippen molar-refractivity contribution in [1.29, 1.82) is 0 Å². The molecule has 3 heteroatoms. The Bertz CT molecular complexity index is 133. The highest BCUT2D eigenvalue weighted by Gasteiger charge is 2.16. The van der Waals surface area contributed by atoms with E-state index in [1.807, 2.05) is 0 Å². The summed E-state index contributed by atoms with van der Waals surface area (Å²) in [6, 6.07) is 0.704. The van der Waals surface area contributed by atoms with Gasteiger partial charge in [-0.2, -0.15) is 12.6 Å². The van der Waals surface area contributed by atoms with Gasteiger partial charge in [-0.3, -0.25) is 4.90 Å². The van der Waals surface area contributed by atoms with Crippen LogP contribution >= 0.6 is 12.6 Å². The van der Waals surface area contributed by atoms with Crippen molar-refractivity contribution in [2.75, 3.05) is 26.2 Å². The van der Waals surface area contributed by atoms with Gasteiger partial charge in [-0.05, 0) is 46.7 Å². The molecule has 1 aliphatic rings. The Kier molecular flexibility index (Phi) is 5.28. The van der Waals surface area contributed by atoms with Crippen LogP contribution in [-0.4, -0.2) is 47.4 Å². The van der Waals surface area contributed by atoms with Gasteiger partial charge in [0.15, 0.2) is 0 Å². The van der Waals surface area contributed by atoms with Crippen molar-refractivity contribution in [2.24, 2.45) is 0 Å². The Hall–Kier alpha value is 0.270. The molecule has 0 amide bonds. The first-order valence-corrected chi connectivity index (χ1v) is 6.29. The zero-order valence-corrected chi connectivity index (χ0v) is 10.6. The van der Waals surface area contributed by atoms with Gasteiger partial charge in [0.05, 0.1) is 0 Å². The molecule has 1 saturated heterocycles. The number of thiol groups is 1. The van der Waals surface area contributed by atoms with Crippen LogP contribution in [0.5, 0.6) is 0 Å². The predicted octanol–water partition coefficient (Wildman–Crippen LogP) is 2.07. The van der Waals surface area contributed by atoms with Crippen molar-refractivity contribution in [1.82, 2.24) is 9.80 Å². The molecule has 84 valence electrons. The molecule has 0 radical (unpaired) electrons. The summed E-state index contributed by atoms with van der Waals surface area (Å²) < 4.78 is 0. The van der Waals surface area contributed by atoms with E-state index in [0.29, 0.717) is 11.4 Å². The second-order valence-corrected chi connectivity index (χ2v) is 5.25. The van der Waals surface area contributed by atoms with Gasteiger partial charge >= 0.3 is 0 Å². The van der Waals surface area contributed by atoms with E-state index in [1.54, 1.807) is 0 Å². The van der Waals surface area contributed by atoms with E-state index < -0.39 is 0 Å².